The summed E-state index contributed by atoms with van der Waals surface area (Å²) in [7, 11) is 0. The summed E-state index contributed by atoms with van der Waals surface area (Å²) in [4.78, 5) is 13.6. The molecule has 2 aromatic heterocycles. The molecule has 1 unspecified atom stereocenters. The minimum absolute atomic E-state index is 0.0793. The number of halogens is 1. The van der Waals surface area contributed by atoms with Gasteiger partial charge < -0.3 is 5.32 Å². The molecule has 2 aromatic carbocycles. The van der Waals surface area contributed by atoms with E-state index in [1.807, 2.05) is 66.9 Å². The molecule has 0 aliphatic rings. The molecule has 0 fully saturated rings. The summed E-state index contributed by atoms with van der Waals surface area (Å²) in [5.41, 5.74) is 2.05. The van der Waals surface area contributed by atoms with Gasteiger partial charge in [0.05, 0.1) is 23.2 Å². The van der Waals surface area contributed by atoms with E-state index >= 15 is 0 Å². The fraction of sp³-hybridized carbons (Fsp3) is 0.174. The van der Waals surface area contributed by atoms with Crippen molar-refractivity contribution in [2.24, 2.45) is 0 Å². The third-order valence-corrected chi connectivity index (χ3v) is 6.90. The lowest BCUT2D eigenvalue weighted by atomic mass is 10.1. The molecule has 0 aliphatic carbocycles. The van der Waals surface area contributed by atoms with Gasteiger partial charge >= 0.3 is 0 Å². The van der Waals surface area contributed by atoms with Crippen LogP contribution in [-0.4, -0.2) is 26.4 Å². The first-order valence-corrected chi connectivity index (χ1v) is 12.0. The van der Waals surface area contributed by atoms with Crippen molar-refractivity contribution < 1.29 is 4.79 Å². The average Bonchev–Trinajstić information content (AvgIpc) is 3.43. The third kappa shape index (κ3) is 5.36. The molecule has 158 valence electrons. The summed E-state index contributed by atoms with van der Waals surface area (Å²) in [6, 6.07) is 21.6. The molecule has 0 bridgehead atoms. The zero-order valence-corrected chi connectivity index (χ0v) is 19.3. The number of hydrogen-bond acceptors (Lipinski definition) is 5. The van der Waals surface area contributed by atoms with Crippen LogP contribution >= 0.6 is 34.7 Å². The molecular formula is C23H21ClN4OS2. The number of amides is 1. The number of thiophene rings is 1. The Balaban J connectivity index is 1.48. The zero-order chi connectivity index (χ0) is 21.6. The van der Waals surface area contributed by atoms with Crippen molar-refractivity contribution in [3.05, 3.63) is 88.3 Å². The third-order valence-electron chi connectivity index (χ3n) is 4.72. The topological polar surface area (TPSA) is 59.8 Å². The molecule has 0 saturated heterocycles. The normalized spacial score (nSPS) is 11.9. The van der Waals surface area contributed by atoms with Crippen LogP contribution in [0.1, 0.15) is 24.1 Å². The Labute approximate surface area is 194 Å². The van der Waals surface area contributed by atoms with Crippen LogP contribution in [0.2, 0.25) is 5.02 Å². The summed E-state index contributed by atoms with van der Waals surface area (Å²) in [5, 5.41) is 15.2. The lowest BCUT2D eigenvalue weighted by Crippen LogP contribution is -2.28. The summed E-state index contributed by atoms with van der Waals surface area (Å²) in [6.45, 7) is 2.57. The standard InChI is InChI=1S/C23H21ClN4OS2/c1-16(18-10-5-6-11-19(18)24)25-21(29)15-31-23-27-26-22(20-12-7-13-30-20)28(23)14-17-8-3-2-4-9-17/h2-13,16H,14-15H2,1H3,(H,25,29). The second kappa shape index (κ2) is 10.1. The van der Waals surface area contributed by atoms with Crippen LogP contribution in [0.15, 0.2) is 77.3 Å². The van der Waals surface area contributed by atoms with E-state index in [0.29, 0.717) is 16.7 Å². The van der Waals surface area contributed by atoms with Crippen molar-refractivity contribution in [1.29, 1.82) is 0 Å². The van der Waals surface area contributed by atoms with E-state index in [2.05, 4.69) is 32.2 Å². The Morgan fingerprint density at radius 1 is 1.10 bits per heavy atom. The van der Waals surface area contributed by atoms with E-state index in [1.54, 1.807) is 11.3 Å². The number of aromatic nitrogens is 3. The van der Waals surface area contributed by atoms with Crippen molar-refractivity contribution in [2.75, 3.05) is 5.75 Å². The van der Waals surface area contributed by atoms with Crippen LogP contribution in [0.5, 0.6) is 0 Å². The van der Waals surface area contributed by atoms with Gasteiger partial charge in [0, 0.05) is 5.02 Å². The molecule has 1 atom stereocenters. The summed E-state index contributed by atoms with van der Waals surface area (Å²) >= 11 is 9.25. The van der Waals surface area contributed by atoms with Gasteiger partial charge in [0.2, 0.25) is 5.91 Å². The van der Waals surface area contributed by atoms with Crippen molar-refractivity contribution in [3.63, 3.8) is 0 Å². The Morgan fingerprint density at radius 3 is 2.61 bits per heavy atom. The van der Waals surface area contributed by atoms with Crippen molar-refractivity contribution >= 4 is 40.6 Å². The summed E-state index contributed by atoms with van der Waals surface area (Å²) in [6.07, 6.45) is 0. The van der Waals surface area contributed by atoms with E-state index in [4.69, 9.17) is 11.6 Å². The fourth-order valence-electron chi connectivity index (χ4n) is 3.21. The van der Waals surface area contributed by atoms with Gasteiger partial charge in [0.15, 0.2) is 11.0 Å². The van der Waals surface area contributed by atoms with Crippen LogP contribution in [0.3, 0.4) is 0 Å². The number of thioether (sulfide) groups is 1. The van der Waals surface area contributed by atoms with E-state index in [0.717, 1.165) is 21.8 Å². The van der Waals surface area contributed by atoms with Gasteiger partial charge in [-0.3, -0.25) is 9.36 Å². The van der Waals surface area contributed by atoms with Gasteiger partial charge in [-0.05, 0) is 35.6 Å². The minimum atomic E-state index is -0.175. The lowest BCUT2D eigenvalue weighted by Gasteiger charge is -2.15. The van der Waals surface area contributed by atoms with E-state index < -0.39 is 0 Å². The van der Waals surface area contributed by atoms with E-state index in [1.165, 1.54) is 11.8 Å². The molecule has 31 heavy (non-hydrogen) atoms. The summed E-state index contributed by atoms with van der Waals surface area (Å²) in [5.74, 6) is 0.974. The number of carbonyl (C=O) groups is 1. The highest BCUT2D eigenvalue weighted by molar-refractivity contribution is 7.99. The highest BCUT2D eigenvalue weighted by atomic mass is 35.5. The second-order valence-corrected chi connectivity index (χ2v) is 9.25. The smallest absolute Gasteiger partial charge is 0.230 e. The highest BCUT2D eigenvalue weighted by Crippen LogP contribution is 2.28. The lowest BCUT2D eigenvalue weighted by molar-refractivity contribution is -0.119. The Bertz CT molecular complexity index is 1150. The van der Waals surface area contributed by atoms with Crippen molar-refractivity contribution in [3.8, 4) is 10.7 Å². The van der Waals surface area contributed by atoms with E-state index in [-0.39, 0.29) is 17.7 Å². The number of benzene rings is 2. The first-order chi connectivity index (χ1) is 15.1. The molecule has 1 N–H and O–H groups in total. The predicted octanol–water partition coefficient (Wildman–Crippen LogP) is 5.68. The zero-order valence-electron chi connectivity index (χ0n) is 16.9. The van der Waals surface area contributed by atoms with Crippen molar-refractivity contribution in [1.82, 2.24) is 20.1 Å². The van der Waals surface area contributed by atoms with Crippen LogP contribution in [0.4, 0.5) is 0 Å². The quantitative estimate of drug-likeness (QED) is 0.338. The first kappa shape index (κ1) is 21.6. The van der Waals surface area contributed by atoms with Crippen LogP contribution in [0.25, 0.3) is 10.7 Å². The van der Waals surface area contributed by atoms with Gasteiger partial charge in [0.25, 0.3) is 0 Å². The molecule has 8 heteroatoms. The van der Waals surface area contributed by atoms with Gasteiger partial charge in [-0.2, -0.15) is 0 Å². The van der Waals surface area contributed by atoms with Crippen LogP contribution in [-0.2, 0) is 11.3 Å². The molecule has 0 spiro atoms. The predicted molar refractivity (Wildman–Crippen MR) is 128 cm³/mol. The summed E-state index contributed by atoms with van der Waals surface area (Å²) < 4.78 is 2.07. The SMILES string of the molecule is CC(NC(=O)CSc1nnc(-c2cccs2)n1Cc1ccccc1)c1ccccc1Cl. The number of nitrogens with one attached hydrogen (secondary N) is 1. The largest absolute Gasteiger partial charge is 0.349 e. The number of nitrogens with zero attached hydrogens (tertiary/aromatic N) is 3. The number of carbonyl (C=O) groups excluding carboxylic acids is 1. The molecule has 0 radical (unpaired) electrons. The second-order valence-electron chi connectivity index (χ2n) is 6.95. The fourth-order valence-corrected chi connectivity index (χ4v) is 4.97. The Hall–Kier alpha value is -2.61. The molecule has 4 rings (SSSR count). The molecule has 1 amide bonds. The van der Waals surface area contributed by atoms with E-state index in [9.17, 15) is 4.79 Å². The van der Waals surface area contributed by atoms with Gasteiger partial charge in [-0.25, -0.2) is 0 Å². The number of hydrogen-bond donors (Lipinski definition) is 1. The highest BCUT2D eigenvalue weighted by Gasteiger charge is 2.18. The molecule has 5 nitrogen and oxygen atoms in total. The maximum absolute atomic E-state index is 12.6. The van der Waals surface area contributed by atoms with Gasteiger partial charge in [0.1, 0.15) is 0 Å². The van der Waals surface area contributed by atoms with Crippen LogP contribution in [0, 0.1) is 0 Å². The molecule has 0 aliphatic heterocycles. The molecule has 2 heterocycles. The minimum Gasteiger partial charge on any atom is -0.349 e. The van der Waals surface area contributed by atoms with Crippen molar-refractivity contribution in [2.45, 2.75) is 24.7 Å². The van der Waals surface area contributed by atoms with Gasteiger partial charge in [-0.15, -0.1) is 21.5 Å². The molecule has 0 saturated carbocycles. The monoisotopic (exact) mass is 468 g/mol. The maximum Gasteiger partial charge on any atom is 0.230 e. The van der Waals surface area contributed by atoms with Crippen LogP contribution < -0.4 is 5.32 Å². The Kier molecular flexibility index (Phi) is 7.06. The Morgan fingerprint density at radius 2 is 1.87 bits per heavy atom. The first-order valence-electron chi connectivity index (χ1n) is 9.79. The van der Waals surface area contributed by atoms with Gasteiger partial charge in [-0.1, -0.05) is 78.0 Å². The average molecular weight is 469 g/mol. The maximum atomic E-state index is 12.6. The number of rotatable bonds is 8. The molecular weight excluding hydrogens is 448 g/mol. The molecule has 4 aromatic rings.